The van der Waals surface area contributed by atoms with Gasteiger partial charge in [-0.3, -0.25) is 9.59 Å². The van der Waals surface area contributed by atoms with Gasteiger partial charge in [0, 0.05) is 26.1 Å². The number of rotatable bonds is 3. The molecule has 5 heteroatoms. The molecule has 0 heterocycles. The van der Waals surface area contributed by atoms with Crippen LogP contribution in [0.1, 0.15) is 26.2 Å². The second kappa shape index (κ2) is 6.00. The van der Waals surface area contributed by atoms with E-state index in [9.17, 15) is 9.59 Å². The minimum Gasteiger partial charge on any atom is -0.358 e. The number of nitrogens with two attached hydrogens (primary N) is 1. The van der Waals surface area contributed by atoms with Crippen LogP contribution >= 0.6 is 0 Å². The molecule has 0 aromatic heterocycles. The Morgan fingerprint density at radius 2 is 2.06 bits per heavy atom. The van der Waals surface area contributed by atoms with Crippen molar-refractivity contribution in [3.63, 3.8) is 0 Å². The van der Waals surface area contributed by atoms with Crippen molar-refractivity contribution >= 4 is 11.8 Å². The molecule has 3 atom stereocenters. The van der Waals surface area contributed by atoms with E-state index in [-0.39, 0.29) is 30.3 Å². The van der Waals surface area contributed by atoms with Crippen LogP contribution in [0.3, 0.4) is 0 Å². The van der Waals surface area contributed by atoms with Crippen LogP contribution in [0.5, 0.6) is 0 Å². The van der Waals surface area contributed by atoms with Crippen molar-refractivity contribution in [3.05, 3.63) is 0 Å². The fourth-order valence-electron chi connectivity index (χ4n) is 2.27. The van der Waals surface area contributed by atoms with Crippen LogP contribution in [-0.4, -0.2) is 43.4 Å². The second-order valence-corrected chi connectivity index (χ2v) is 5.02. The Morgan fingerprint density at radius 3 is 2.59 bits per heavy atom. The largest absolute Gasteiger partial charge is 0.358 e. The molecule has 0 aromatic carbocycles. The summed E-state index contributed by atoms with van der Waals surface area (Å²) >= 11 is 0. The Balaban J connectivity index is 2.49. The average molecular weight is 241 g/mol. The van der Waals surface area contributed by atoms with Crippen molar-refractivity contribution in [1.82, 2.24) is 10.2 Å². The van der Waals surface area contributed by atoms with Crippen LogP contribution in [0.2, 0.25) is 0 Å². The standard InChI is InChI=1S/C12H23N3O2/c1-8-4-5-9(6-10(8)13)12(17)15(3)7-11(16)14-2/h8-10H,4-7,13H2,1-3H3,(H,14,16). The highest BCUT2D eigenvalue weighted by Crippen LogP contribution is 2.28. The first-order chi connectivity index (χ1) is 7.95. The smallest absolute Gasteiger partial charge is 0.239 e. The van der Waals surface area contributed by atoms with Gasteiger partial charge in [0.15, 0.2) is 0 Å². The van der Waals surface area contributed by atoms with Crippen LogP contribution in [0, 0.1) is 11.8 Å². The van der Waals surface area contributed by atoms with E-state index in [4.69, 9.17) is 5.73 Å². The Labute approximate surface area is 103 Å². The lowest BCUT2D eigenvalue weighted by Gasteiger charge is -2.33. The molecule has 5 nitrogen and oxygen atoms in total. The summed E-state index contributed by atoms with van der Waals surface area (Å²) in [5.74, 6) is 0.365. The van der Waals surface area contributed by atoms with Gasteiger partial charge in [0.05, 0.1) is 6.54 Å². The molecule has 0 saturated heterocycles. The lowest BCUT2D eigenvalue weighted by molar-refractivity contribution is -0.139. The van der Waals surface area contributed by atoms with Gasteiger partial charge in [0.1, 0.15) is 0 Å². The number of nitrogens with zero attached hydrogens (tertiary/aromatic N) is 1. The first-order valence-electron chi connectivity index (χ1n) is 6.16. The van der Waals surface area contributed by atoms with E-state index in [2.05, 4.69) is 12.2 Å². The van der Waals surface area contributed by atoms with Gasteiger partial charge in [-0.25, -0.2) is 0 Å². The molecule has 0 aromatic rings. The number of hydrogen-bond acceptors (Lipinski definition) is 3. The molecule has 3 unspecified atom stereocenters. The van der Waals surface area contributed by atoms with Crippen molar-refractivity contribution < 1.29 is 9.59 Å². The Morgan fingerprint density at radius 1 is 1.41 bits per heavy atom. The average Bonchev–Trinajstić information content (AvgIpc) is 2.31. The molecule has 3 N–H and O–H groups in total. The van der Waals surface area contributed by atoms with Crippen LogP contribution in [-0.2, 0) is 9.59 Å². The number of nitrogens with one attached hydrogen (secondary N) is 1. The molecule has 0 spiro atoms. The third kappa shape index (κ3) is 3.70. The van der Waals surface area contributed by atoms with Crippen molar-refractivity contribution in [2.45, 2.75) is 32.2 Å². The summed E-state index contributed by atoms with van der Waals surface area (Å²) in [5, 5.41) is 2.51. The fourth-order valence-corrected chi connectivity index (χ4v) is 2.27. The SMILES string of the molecule is CNC(=O)CN(C)C(=O)C1CCC(C)C(N)C1. The lowest BCUT2D eigenvalue weighted by atomic mass is 9.79. The Hall–Kier alpha value is -1.10. The molecule has 0 bridgehead atoms. The molecule has 2 amide bonds. The van der Waals surface area contributed by atoms with E-state index in [0.29, 0.717) is 5.92 Å². The lowest BCUT2D eigenvalue weighted by Crippen LogP contribution is -2.44. The monoisotopic (exact) mass is 241 g/mol. The predicted octanol–water partition coefficient (Wildman–Crippen LogP) is -0.0457. The number of carbonyl (C=O) groups is 2. The highest BCUT2D eigenvalue weighted by atomic mass is 16.2. The third-order valence-corrected chi connectivity index (χ3v) is 3.64. The van der Waals surface area contributed by atoms with Crippen LogP contribution in [0.4, 0.5) is 0 Å². The zero-order valence-electron chi connectivity index (χ0n) is 10.9. The highest BCUT2D eigenvalue weighted by Gasteiger charge is 2.31. The molecule has 1 fully saturated rings. The molecule has 1 rings (SSSR count). The summed E-state index contributed by atoms with van der Waals surface area (Å²) < 4.78 is 0. The predicted molar refractivity (Wildman–Crippen MR) is 66.2 cm³/mol. The van der Waals surface area contributed by atoms with E-state index in [1.165, 1.54) is 4.90 Å². The molecular formula is C12H23N3O2. The summed E-state index contributed by atoms with van der Waals surface area (Å²) in [4.78, 5) is 24.8. The van der Waals surface area contributed by atoms with Gasteiger partial charge in [0.2, 0.25) is 11.8 Å². The minimum absolute atomic E-state index is 0.0177. The molecule has 0 radical (unpaired) electrons. The van der Waals surface area contributed by atoms with E-state index in [1.807, 2.05) is 0 Å². The Kier molecular flexibility index (Phi) is 4.93. The quantitative estimate of drug-likeness (QED) is 0.727. The highest BCUT2D eigenvalue weighted by molar-refractivity contribution is 5.85. The summed E-state index contributed by atoms with van der Waals surface area (Å²) in [5.41, 5.74) is 5.98. The van der Waals surface area contributed by atoms with Gasteiger partial charge in [-0.05, 0) is 25.2 Å². The molecule has 1 aliphatic rings. The minimum atomic E-state index is -0.144. The zero-order valence-corrected chi connectivity index (χ0v) is 10.9. The maximum Gasteiger partial charge on any atom is 0.239 e. The Bertz CT molecular complexity index is 293. The van der Waals surface area contributed by atoms with Crippen molar-refractivity contribution in [1.29, 1.82) is 0 Å². The summed E-state index contributed by atoms with van der Waals surface area (Å²) in [6.45, 7) is 2.25. The topological polar surface area (TPSA) is 75.4 Å². The molecule has 1 aliphatic carbocycles. The third-order valence-electron chi connectivity index (χ3n) is 3.64. The second-order valence-electron chi connectivity index (χ2n) is 5.02. The number of hydrogen-bond donors (Lipinski definition) is 2. The molecule has 98 valence electrons. The molecular weight excluding hydrogens is 218 g/mol. The number of likely N-dealkylation sites (N-methyl/N-ethyl adjacent to an activating group) is 2. The van der Waals surface area contributed by atoms with Gasteiger partial charge in [-0.15, -0.1) is 0 Å². The first-order valence-corrected chi connectivity index (χ1v) is 6.16. The van der Waals surface area contributed by atoms with E-state index < -0.39 is 0 Å². The summed E-state index contributed by atoms with van der Waals surface area (Å²) in [6.07, 6.45) is 2.61. The normalized spacial score (nSPS) is 28.6. The van der Waals surface area contributed by atoms with Crippen LogP contribution in [0.15, 0.2) is 0 Å². The number of amides is 2. The molecule has 0 aliphatic heterocycles. The fraction of sp³-hybridized carbons (Fsp3) is 0.833. The molecule has 1 saturated carbocycles. The number of carbonyl (C=O) groups excluding carboxylic acids is 2. The summed E-state index contributed by atoms with van der Waals surface area (Å²) in [6, 6.07) is 0.103. The van der Waals surface area contributed by atoms with E-state index in [1.54, 1.807) is 14.1 Å². The van der Waals surface area contributed by atoms with Gasteiger partial charge in [0.25, 0.3) is 0 Å². The maximum absolute atomic E-state index is 12.1. The van der Waals surface area contributed by atoms with Crippen LogP contribution < -0.4 is 11.1 Å². The van der Waals surface area contributed by atoms with Gasteiger partial charge in [-0.1, -0.05) is 6.92 Å². The first kappa shape index (κ1) is 14.0. The van der Waals surface area contributed by atoms with Crippen LogP contribution in [0.25, 0.3) is 0 Å². The van der Waals surface area contributed by atoms with Gasteiger partial charge >= 0.3 is 0 Å². The van der Waals surface area contributed by atoms with Crippen molar-refractivity contribution in [3.8, 4) is 0 Å². The maximum atomic E-state index is 12.1. The van der Waals surface area contributed by atoms with Gasteiger partial charge in [-0.2, -0.15) is 0 Å². The van der Waals surface area contributed by atoms with Crippen molar-refractivity contribution in [2.24, 2.45) is 17.6 Å². The summed E-state index contributed by atoms with van der Waals surface area (Å²) in [7, 11) is 3.24. The van der Waals surface area contributed by atoms with Crippen molar-refractivity contribution in [2.75, 3.05) is 20.6 Å². The molecule has 17 heavy (non-hydrogen) atoms. The van der Waals surface area contributed by atoms with E-state index in [0.717, 1.165) is 19.3 Å². The van der Waals surface area contributed by atoms with E-state index >= 15 is 0 Å². The zero-order chi connectivity index (χ0) is 13.0. The van der Waals surface area contributed by atoms with Gasteiger partial charge < -0.3 is 16.0 Å².